The molecule has 0 aliphatic heterocycles. The van der Waals surface area contributed by atoms with Gasteiger partial charge in [-0.3, -0.25) is 0 Å². The Morgan fingerprint density at radius 1 is 1.39 bits per heavy atom. The molecule has 0 saturated carbocycles. The molecule has 18 heavy (non-hydrogen) atoms. The summed E-state index contributed by atoms with van der Waals surface area (Å²) in [5, 5.41) is 3.59. The summed E-state index contributed by atoms with van der Waals surface area (Å²) in [5.74, 6) is 0.382. The molecule has 0 bridgehead atoms. The Bertz CT molecular complexity index is 364. The third-order valence-corrected chi connectivity index (χ3v) is 2.58. The molecule has 1 aromatic rings. The van der Waals surface area contributed by atoms with Gasteiger partial charge in [-0.05, 0) is 12.1 Å². The fourth-order valence-electron chi connectivity index (χ4n) is 1.39. The highest BCUT2D eigenvalue weighted by atomic mass is 35.5. The molecule has 0 spiro atoms. The Morgan fingerprint density at radius 3 is 2.83 bits per heavy atom. The molecule has 0 atom stereocenters. The summed E-state index contributed by atoms with van der Waals surface area (Å²) in [4.78, 5) is 0. The van der Waals surface area contributed by atoms with Crippen LogP contribution in [0.1, 0.15) is 5.56 Å². The summed E-state index contributed by atoms with van der Waals surface area (Å²) in [7, 11) is 1.61. The first kappa shape index (κ1) is 15.1. The Hall–Kier alpha value is -0.910. The van der Waals surface area contributed by atoms with Crippen molar-refractivity contribution in [3.05, 3.63) is 28.8 Å². The minimum absolute atomic E-state index is 0.382. The topological polar surface area (TPSA) is 30.5 Å². The number of hydrogen-bond acceptors (Lipinski definition) is 3. The van der Waals surface area contributed by atoms with Gasteiger partial charge < -0.3 is 14.8 Å². The number of alkyl halides is 2. The molecule has 0 aromatic heterocycles. The van der Waals surface area contributed by atoms with Crippen LogP contribution >= 0.6 is 11.6 Å². The number of halogens is 3. The van der Waals surface area contributed by atoms with Crippen LogP contribution in [0.4, 0.5) is 8.78 Å². The largest absolute Gasteiger partial charge is 0.487 e. The highest BCUT2D eigenvalue weighted by molar-refractivity contribution is 6.31. The first-order chi connectivity index (χ1) is 8.65. The van der Waals surface area contributed by atoms with Crippen molar-refractivity contribution in [2.45, 2.75) is 13.0 Å². The quantitative estimate of drug-likeness (QED) is 0.742. The highest BCUT2D eigenvalue weighted by Gasteiger charge is 2.10. The molecule has 0 aliphatic rings. The van der Waals surface area contributed by atoms with Gasteiger partial charge in [-0.25, -0.2) is 8.78 Å². The van der Waals surface area contributed by atoms with Gasteiger partial charge in [-0.2, -0.15) is 0 Å². The molecule has 1 rings (SSSR count). The second kappa shape index (κ2) is 8.24. The summed E-state index contributed by atoms with van der Waals surface area (Å²) in [6, 6.07) is 4.99. The lowest BCUT2D eigenvalue weighted by Gasteiger charge is -2.13. The van der Waals surface area contributed by atoms with Gasteiger partial charge in [0, 0.05) is 30.8 Å². The lowest BCUT2D eigenvalue weighted by Crippen LogP contribution is -2.19. The van der Waals surface area contributed by atoms with Crippen LogP contribution in [-0.2, 0) is 11.3 Å². The van der Waals surface area contributed by atoms with E-state index in [9.17, 15) is 8.78 Å². The Balaban J connectivity index is 2.62. The summed E-state index contributed by atoms with van der Waals surface area (Å²) in [6.45, 7) is 1.03. The van der Waals surface area contributed by atoms with Gasteiger partial charge in [0.25, 0.3) is 6.43 Å². The summed E-state index contributed by atoms with van der Waals surface area (Å²) in [5.41, 5.74) is 0.677. The van der Waals surface area contributed by atoms with E-state index in [-0.39, 0.29) is 0 Å². The Labute approximate surface area is 110 Å². The predicted octanol–water partition coefficient (Wildman–Crippen LogP) is 2.72. The second-order valence-corrected chi connectivity index (χ2v) is 4.00. The average Bonchev–Trinajstić information content (AvgIpc) is 2.34. The lowest BCUT2D eigenvalue weighted by molar-refractivity contribution is 0.0813. The van der Waals surface area contributed by atoms with E-state index in [1.165, 1.54) is 0 Å². The molecule has 0 fully saturated rings. The fraction of sp³-hybridized carbons (Fsp3) is 0.500. The van der Waals surface area contributed by atoms with E-state index >= 15 is 0 Å². The van der Waals surface area contributed by atoms with Crippen LogP contribution in [0.2, 0.25) is 5.02 Å². The summed E-state index contributed by atoms with van der Waals surface area (Å²) >= 11 is 6.02. The van der Waals surface area contributed by atoms with Gasteiger partial charge in [0.2, 0.25) is 0 Å². The third kappa shape index (κ3) is 5.16. The van der Waals surface area contributed by atoms with Crippen LogP contribution in [0.5, 0.6) is 5.75 Å². The molecule has 0 saturated heterocycles. The second-order valence-electron chi connectivity index (χ2n) is 3.59. The van der Waals surface area contributed by atoms with Crippen LogP contribution in [-0.4, -0.2) is 33.3 Å². The average molecular weight is 280 g/mol. The first-order valence-electron chi connectivity index (χ1n) is 5.53. The number of hydrogen-bond donors (Lipinski definition) is 1. The van der Waals surface area contributed by atoms with E-state index < -0.39 is 13.0 Å². The van der Waals surface area contributed by atoms with Crippen molar-refractivity contribution in [1.29, 1.82) is 0 Å². The summed E-state index contributed by atoms with van der Waals surface area (Å²) < 4.78 is 34.2. The highest BCUT2D eigenvalue weighted by Crippen LogP contribution is 2.26. The van der Waals surface area contributed by atoms with Crippen molar-refractivity contribution in [2.24, 2.45) is 0 Å². The van der Waals surface area contributed by atoms with E-state index in [4.69, 9.17) is 21.1 Å². The fourth-order valence-corrected chi connectivity index (χ4v) is 1.62. The Morgan fingerprint density at radius 2 is 2.17 bits per heavy atom. The monoisotopic (exact) mass is 279 g/mol. The predicted molar refractivity (Wildman–Crippen MR) is 66.5 cm³/mol. The van der Waals surface area contributed by atoms with Crippen LogP contribution in [0.3, 0.4) is 0 Å². The molecule has 3 nitrogen and oxygen atoms in total. The van der Waals surface area contributed by atoms with Gasteiger partial charge in [0.05, 0.1) is 6.61 Å². The molecule has 0 aliphatic carbocycles. The molecule has 0 unspecified atom stereocenters. The van der Waals surface area contributed by atoms with E-state index in [0.29, 0.717) is 36.0 Å². The zero-order valence-electron chi connectivity index (χ0n) is 10.1. The number of benzene rings is 1. The van der Waals surface area contributed by atoms with Crippen molar-refractivity contribution < 1.29 is 18.3 Å². The zero-order valence-corrected chi connectivity index (χ0v) is 10.8. The standard InChI is InChI=1S/C12H16ClF2NO2/c1-17-6-5-16-7-9-10(13)3-2-4-11(9)18-8-12(14)15/h2-4,12,16H,5-8H2,1H3. The van der Waals surface area contributed by atoms with Crippen molar-refractivity contribution in [1.82, 2.24) is 5.32 Å². The first-order valence-corrected chi connectivity index (χ1v) is 5.91. The Kier molecular flexibility index (Phi) is 6.93. The van der Waals surface area contributed by atoms with Crippen LogP contribution in [0.25, 0.3) is 0 Å². The van der Waals surface area contributed by atoms with Crippen molar-refractivity contribution in [3.8, 4) is 5.75 Å². The van der Waals surface area contributed by atoms with Gasteiger partial charge in [-0.1, -0.05) is 17.7 Å². The number of rotatable bonds is 8. The van der Waals surface area contributed by atoms with E-state index in [0.717, 1.165) is 0 Å². The SMILES string of the molecule is COCCNCc1c(Cl)cccc1OCC(F)F. The van der Waals surface area contributed by atoms with Crippen molar-refractivity contribution in [2.75, 3.05) is 26.9 Å². The third-order valence-electron chi connectivity index (χ3n) is 2.23. The minimum atomic E-state index is -2.50. The molecular formula is C12H16ClF2NO2. The minimum Gasteiger partial charge on any atom is -0.487 e. The number of nitrogens with one attached hydrogen (secondary N) is 1. The normalized spacial score (nSPS) is 10.9. The molecule has 0 radical (unpaired) electrons. The smallest absolute Gasteiger partial charge is 0.272 e. The van der Waals surface area contributed by atoms with Crippen LogP contribution < -0.4 is 10.1 Å². The van der Waals surface area contributed by atoms with E-state index in [1.54, 1.807) is 25.3 Å². The van der Waals surface area contributed by atoms with E-state index in [1.807, 2.05) is 0 Å². The molecular weight excluding hydrogens is 264 g/mol. The summed E-state index contributed by atoms with van der Waals surface area (Å²) in [6.07, 6.45) is -2.50. The van der Waals surface area contributed by atoms with Gasteiger partial charge in [-0.15, -0.1) is 0 Å². The number of methoxy groups -OCH3 is 1. The van der Waals surface area contributed by atoms with Gasteiger partial charge in [0.1, 0.15) is 12.4 Å². The van der Waals surface area contributed by atoms with Gasteiger partial charge in [0.15, 0.2) is 0 Å². The molecule has 6 heteroatoms. The maximum absolute atomic E-state index is 12.1. The molecule has 0 heterocycles. The van der Waals surface area contributed by atoms with Gasteiger partial charge >= 0.3 is 0 Å². The van der Waals surface area contributed by atoms with Crippen LogP contribution in [0, 0.1) is 0 Å². The maximum atomic E-state index is 12.1. The zero-order chi connectivity index (χ0) is 13.4. The number of ether oxygens (including phenoxy) is 2. The maximum Gasteiger partial charge on any atom is 0.272 e. The lowest BCUT2D eigenvalue weighted by atomic mass is 10.2. The van der Waals surface area contributed by atoms with E-state index in [2.05, 4.69) is 5.32 Å². The van der Waals surface area contributed by atoms with Crippen molar-refractivity contribution in [3.63, 3.8) is 0 Å². The molecule has 1 aromatic carbocycles. The van der Waals surface area contributed by atoms with Crippen LogP contribution in [0.15, 0.2) is 18.2 Å². The molecule has 0 amide bonds. The molecule has 102 valence electrons. The molecule has 1 N–H and O–H groups in total. The van der Waals surface area contributed by atoms with Crippen molar-refractivity contribution >= 4 is 11.6 Å².